The van der Waals surface area contributed by atoms with Gasteiger partial charge in [0.25, 0.3) is 5.91 Å². The summed E-state index contributed by atoms with van der Waals surface area (Å²) in [6.45, 7) is 0. The summed E-state index contributed by atoms with van der Waals surface area (Å²) < 4.78 is 7.06. The molecule has 0 fully saturated rings. The van der Waals surface area contributed by atoms with Gasteiger partial charge in [0.1, 0.15) is 11.5 Å². The molecular weight excluding hydrogens is 396 g/mol. The van der Waals surface area contributed by atoms with Crippen LogP contribution in [0.4, 0.5) is 0 Å². The Labute approximate surface area is 168 Å². The number of rotatable bonds is 3. The highest BCUT2D eigenvalue weighted by atomic mass is 32.1. The van der Waals surface area contributed by atoms with Crippen LogP contribution in [0.1, 0.15) is 4.88 Å². The Balaban J connectivity index is 1.80. The fraction of sp³-hybridized carbons (Fsp3) is 0.0500. The van der Waals surface area contributed by atoms with E-state index in [0.29, 0.717) is 31.2 Å². The van der Waals surface area contributed by atoms with Crippen LogP contribution in [0.15, 0.2) is 53.0 Å². The molecule has 2 heterocycles. The van der Waals surface area contributed by atoms with Crippen molar-refractivity contribution in [2.45, 2.75) is 0 Å². The van der Waals surface area contributed by atoms with E-state index in [1.807, 2.05) is 6.07 Å². The first-order valence-corrected chi connectivity index (χ1v) is 9.43. The lowest BCUT2D eigenvalue weighted by atomic mass is 10.1. The minimum atomic E-state index is -0.407. The molecule has 1 aliphatic rings. The van der Waals surface area contributed by atoms with Gasteiger partial charge in [-0.15, -0.1) is 11.3 Å². The maximum Gasteiger partial charge on any atom is 0.277 e. The fourth-order valence-corrected chi connectivity index (χ4v) is 4.12. The molecule has 0 aliphatic carbocycles. The highest BCUT2D eigenvalue weighted by molar-refractivity contribution is 7.73. The largest absolute Gasteiger partial charge is 0.508 e. The number of hydrogen-bond donors (Lipinski definition) is 2. The first-order chi connectivity index (χ1) is 13.5. The quantitative estimate of drug-likeness (QED) is 0.512. The van der Waals surface area contributed by atoms with Crippen molar-refractivity contribution in [3.8, 4) is 23.1 Å². The molecular formula is C20H14N2O4S2. The van der Waals surface area contributed by atoms with Crippen LogP contribution in [0.25, 0.3) is 17.8 Å². The molecule has 0 unspecified atom stereocenters. The van der Waals surface area contributed by atoms with Crippen LogP contribution in [-0.2, 0) is 4.79 Å². The van der Waals surface area contributed by atoms with Gasteiger partial charge in [-0.25, -0.2) is 4.99 Å². The van der Waals surface area contributed by atoms with Crippen molar-refractivity contribution >= 4 is 41.6 Å². The minimum Gasteiger partial charge on any atom is -0.508 e. The van der Waals surface area contributed by atoms with Gasteiger partial charge in [0.05, 0.1) is 23.0 Å². The Hall–Kier alpha value is -3.23. The molecule has 1 aromatic heterocycles. The van der Waals surface area contributed by atoms with Crippen molar-refractivity contribution in [1.82, 2.24) is 4.57 Å². The monoisotopic (exact) mass is 410 g/mol. The lowest BCUT2D eigenvalue weighted by Gasteiger charge is -2.06. The summed E-state index contributed by atoms with van der Waals surface area (Å²) in [6, 6.07) is 11.6. The second kappa shape index (κ2) is 7.06. The molecule has 3 aromatic rings. The number of phenols is 1. The fourth-order valence-electron chi connectivity index (χ4n) is 2.82. The number of fused-ring (bicyclic) bond motifs is 1. The number of phenolic OH excluding ortho intramolecular Hbond substituents is 1. The van der Waals surface area contributed by atoms with Gasteiger partial charge in [-0.05, 0) is 60.8 Å². The molecule has 0 saturated heterocycles. The number of amides is 1. The average molecular weight is 410 g/mol. The van der Waals surface area contributed by atoms with Crippen LogP contribution in [0, 0.1) is 3.95 Å². The van der Waals surface area contributed by atoms with Gasteiger partial charge in [-0.1, -0.05) is 0 Å². The van der Waals surface area contributed by atoms with E-state index in [-0.39, 0.29) is 11.6 Å². The van der Waals surface area contributed by atoms with Gasteiger partial charge in [0.2, 0.25) is 5.88 Å². The molecule has 140 valence electrons. The summed E-state index contributed by atoms with van der Waals surface area (Å²) in [7, 11) is 1.55. The summed E-state index contributed by atoms with van der Waals surface area (Å²) in [6.07, 6.45) is 3.29. The zero-order chi connectivity index (χ0) is 19.8. The summed E-state index contributed by atoms with van der Waals surface area (Å²) in [4.78, 5) is 17.0. The average Bonchev–Trinajstić information content (AvgIpc) is 2.96. The molecule has 2 N–H and O–H groups in total. The number of ether oxygens (including phenoxy) is 1. The van der Waals surface area contributed by atoms with Gasteiger partial charge >= 0.3 is 0 Å². The van der Waals surface area contributed by atoms with Gasteiger partial charge < -0.3 is 14.9 Å². The molecule has 0 saturated carbocycles. The number of methoxy groups -OCH3 is 1. The smallest absolute Gasteiger partial charge is 0.277 e. The molecule has 28 heavy (non-hydrogen) atoms. The molecule has 8 heteroatoms. The third-order valence-corrected chi connectivity index (χ3v) is 5.53. The van der Waals surface area contributed by atoms with Crippen LogP contribution in [0.5, 0.6) is 17.4 Å². The zero-order valence-electron chi connectivity index (χ0n) is 14.6. The van der Waals surface area contributed by atoms with E-state index >= 15 is 0 Å². The molecule has 1 aliphatic heterocycles. The van der Waals surface area contributed by atoms with E-state index in [0.717, 1.165) is 5.22 Å². The number of aromatic hydroxyl groups is 2. The maximum atomic E-state index is 12.4. The van der Waals surface area contributed by atoms with Crippen molar-refractivity contribution in [3.05, 3.63) is 67.4 Å². The van der Waals surface area contributed by atoms with Gasteiger partial charge in [-0.3, -0.25) is 9.36 Å². The second-order valence-electron chi connectivity index (χ2n) is 5.99. The third-order valence-electron chi connectivity index (χ3n) is 4.22. The summed E-state index contributed by atoms with van der Waals surface area (Å²) in [5, 5.41) is 21.4. The van der Waals surface area contributed by atoms with Crippen molar-refractivity contribution in [2.75, 3.05) is 7.11 Å². The van der Waals surface area contributed by atoms with Crippen molar-refractivity contribution in [3.63, 3.8) is 0 Å². The van der Waals surface area contributed by atoms with Crippen LogP contribution in [0.2, 0.25) is 0 Å². The molecule has 2 aromatic carbocycles. The lowest BCUT2D eigenvalue weighted by molar-refractivity contribution is -0.114. The molecule has 0 atom stereocenters. The molecule has 6 nitrogen and oxygen atoms in total. The van der Waals surface area contributed by atoms with Crippen molar-refractivity contribution < 1.29 is 19.7 Å². The van der Waals surface area contributed by atoms with E-state index in [2.05, 4.69) is 4.99 Å². The summed E-state index contributed by atoms with van der Waals surface area (Å²) in [5.41, 5.74) is 0.962. The van der Waals surface area contributed by atoms with E-state index in [1.54, 1.807) is 43.5 Å². The van der Waals surface area contributed by atoms with E-state index in [4.69, 9.17) is 17.0 Å². The number of aromatic nitrogens is 1. The predicted octanol–water partition coefficient (Wildman–Crippen LogP) is 2.71. The Kier molecular flexibility index (Phi) is 4.58. The lowest BCUT2D eigenvalue weighted by Crippen LogP contribution is -2.30. The Morgan fingerprint density at radius 1 is 1.18 bits per heavy atom. The third kappa shape index (κ3) is 3.23. The normalized spacial score (nSPS) is 14.3. The molecule has 0 spiro atoms. The number of hydrogen-bond acceptors (Lipinski definition) is 6. The summed E-state index contributed by atoms with van der Waals surface area (Å²) in [5.74, 6) is 0.259. The van der Waals surface area contributed by atoms with Crippen molar-refractivity contribution in [2.24, 2.45) is 4.99 Å². The standard InChI is InChI=1S/C20H14N2O4S2/c1-26-15-7-2-11-8-12(18(24)21-16(11)10-15)9-17-19(25)22(20(27)28-17)13-3-5-14(23)6-4-13/h2-10,23,25H,1H3. The van der Waals surface area contributed by atoms with Gasteiger partial charge in [-0.2, -0.15) is 0 Å². The van der Waals surface area contributed by atoms with Crippen LogP contribution >= 0.6 is 23.6 Å². The maximum absolute atomic E-state index is 12.4. The SMILES string of the molecule is COc1ccc2c(c1)=NC(=O)C(=Cc1sc(=S)n(-c3ccc(O)cc3)c1O)C=2. The van der Waals surface area contributed by atoms with E-state index < -0.39 is 5.91 Å². The predicted molar refractivity (Wildman–Crippen MR) is 109 cm³/mol. The first kappa shape index (κ1) is 18.1. The highest BCUT2D eigenvalue weighted by Crippen LogP contribution is 2.32. The number of thiazole rings is 1. The molecule has 0 radical (unpaired) electrons. The molecule has 4 rings (SSSR count). The Morgan fingerprint density at radius 3 is 2.64 bits per heavy atom. The molecule has 0 bridgehead atoms. The highest BCUT2D eigenvalue weighted by Gasteiger charge is 2.16. The zero-order valence-corrected chi connectivity index (χ0v) is 16.3. The van der Waals surface area contributed by atoms with E-state index in [1.165, 1.54) is 28.0 Å². The van der Waals surface area contributed by atoms with Crippen LogP contribution < -0.4 is 15.3 Å². The molecule has 1 amide bonds. The first-order valence-electron chi connectivity index (χ1n) is 8.21. The summed E-state index contributed by atoms with van der Waals surface area (Å²) >= 11 is 6.54. The van der Waals surface area contributed by atoms with Crippen LogP contribution in [0.3, 0.4) is 0 Å². The number of carbonyl (C=O) groups is 1. The number of carbonyl (C=O) groups excluding carboxylic acids is 1. The number of benzene rings is 2. The van der Waals surface area contributed by atoms with E-state index in [9.17, 15) is 15.0 Å². The Morgan fingerprint density at radius 2 is 1.93 bits per heavy atom. The van der Waals surface area contributed by atoms with Crippen LogP contribution in [-0.4, -0.2) is 27.8 Å². The van der Waals surface area contributed by atoms with Gasteiger partial charge in [0.15, 0.2) is 3.95 Å². The number of nitrogens with zero attached hydrogens (tertiary/aromatic N) is 2. The van der Waals surface area contributed by atoms with Gasteiger partial charge in [0, 0.05) is 16.9 Å². The second-order valence-corrected chi connectivity index (χ2v) is 7.67. The minimum absolute atomic E-state index is 0.0742. The Bertz CT molecular complexity index is 1300. The topological polar surface area (TPSA) is 84.0 Å². The van der Waals surface area contributed by atoms with Crippen molar-refractivity contribution in [1.29, 1.82) is 0 Å².